The molecule has 2 saturated heterocycles. The average molecular weight is 547 g/mol. The van der Waals surface area contributed by atoms with E-state index in [2.05, 4.69) is 67.0 Å². The van der Waals surface area contributed by atoms with Crippen LogP contribution in [0.15, 0.2) is 42.0 Å². The van der Waals surface area contributed by atoms with E-state index >= 15 is 0 Å². The summed E-state index contributed by atoms with van der Waals surface area (Å²) in [6.07, 6.45) is 9.02. The van der Waals surface area contributed by atoms with Crippen LogP contribution >= 0.6 is 0 Å². The number of nitrogens with zero attached hydrogens (tertiary/aromatic N) is 2. The lowest BCUT2D eigenvalue weighted by atomic mass is 9.41. The zero-order valence-corrected chi connectivity index (χ0v) is 24.4. The molecular weight excluding hydrogens is 500 g/mol. The van der Waals surface area contributed by atoms with E-state index in [0.717, 1.165) is 76.7 Å². The van der Waals surface area contributed by atoms with Crippen LogP contribution < -0.4 is 4.90 Å². The number of aldehydes is 1. The van der Waals surface area contributed by atoms with Gasteiger partial charge in [0.05, 0.1) is 17.6 Å². The van der Waals surface area contributed by atoms with Crippen molar-refractivity contribution in [1.82, 2.24) is 4.90 Å². The Morgan fingerprint density at radius 2 is 1.82 bits per heavy atom. The second-order valence-corrected chi connectivity index (χ2v) is 14.3. The van der Waals surface area contributed by atoms with Gasteiger partial charge in [-0.05, 0) is 73.8 Å². The molecule has 4 bridgehead atoms. The summed E-state index contributed by atoms with van der Waals surface area (Å²) in [7, 11) is 0. The van der Waals surface area contributed by atoms with E-state index in [1.807, 2.05) is 0 Å². The molecule has 6 unspecified atom stereocenters. The highest BCUT2D eigenvalue weighted by molar-refractivity contribution is 5.90. The van der Waals surface area contributed by atoms with Crippen LogP contribution in [0.5, 0.6) is 0 Å². The zero-order chi connectivity index (χ0) is 27.9. The molecule has 5 fully saturated rings. The summed E-state index contributed by atoms with van der Waals surface area (Å²) in [5, 5.41) is 11.3. The number of aliphatic carboxylic acids is 1. The first kappa shape index (κ1) is 26.7. The molecule has 1 aromatic carbocycles. The third kappa shape index (κ3) is 3.29. The summed E-state index contributed by atoms with van der Waals surface area (Å²) < 4.78 is 7.03. The Hall–Kier alpha value is -2.18. The minimum Gasteiger partial charge on any atom is -0.481 e. The van der Waals surface area contributed by atoms with Crippen LogP contribution in [0.25, 0.3) is 0 Å². The summed E-state index contributed by atoms with van der Waals surface area (Å²) in [4.78, 5) is 32.1. The summed E-state index contributed by atoms with van der Waals surface area (Å²) in [6.45, 7) is 11.6. The highest BCUT2D eigenvalue weighted by Crippen LogP contribution is 2.84. The van der Waals surface area contributed by atoms with Crippen molar-refractivity contribution in [2.45, 2.75) is 71.5 Å². The molecule has 6 aliphatic rings. The van der Waals surface area contributed by atoms with Crippen molar-refractivity contribution in [2.75, 3.05) is 37.6 Å². The van der Waals surface area contributed by atoms with Gasteiger partial charge in [-0.25, -0.2) is 0 Å². The number of hydrogen-bond acceptors (Lipinski definition) is 5. The van der Waals surface area contributed by atoms with E-state index in [-0.39, 0.29) is 30.0 Å². The lowest BCUT2D eigenvalue weighted by Gasteiger charge is -2.60. The molecule has 9 atom stereocenters. The van der Waals surface area contributed by atoms with E-state index in [1.165, 1.54) is 5.69 Å². The Morgan fingerprint density at radius 1 is 1.07 bits per heavy atom. The number of carbonyl (C=O) groups is 2. The predicted molar refractivity (Wildman–Crippen MR) is 155 cm³/mol. The number of carbonyl (C=O) groups excluding carboxylic acids is 1. The van der Waals surface area contributed by atoms with Crippen molar-refractivity contribution in [3.05, 3.63) is 42.0 Å². The molecular formula is C34H46N2O4. The van der Waals surface area contributed by atoms with Gasteiger partial charge >= 0.3 is 5.97 Å². The maximum Gasteiger partial charge on any atom is 0.315 e. The molecule has 0 aromatic heterocycles. The first-order valence-electron chi connectivity index (χ1n) is 15.9. The number of fused-ring (bicyclic) bond motifs is 2. The third-order valence-corrected chi connectivity index (χ3v) is 12.6. The third-order valence-electron chi connectivity index (χ3n) is 12.6. The lowest BCUT2D eigenvalue weighted by molar-refractivity contribution is -0.197. The molecule has 1 N–H and O–H groups in total. The monoisotopic (exact) mass is 546 g/mol. The molecule has 6 heteroatoms. The number of ether oxygens (including phenoxy) is 1. The minimum atomic E-state index is -1.13. The van der Waals surface area contributed by atoms with Crippen LogP contribution in [0.2, 0.25) is 0 Å². The van der Waals surface area contributed by atoms with Crippen molar-refractivity contribution in [3.8, 4) is 0 Å². The van der Waals surface area contributed by atoms with Crippen molar-refractivity contribution < 1.29 is 19.4 Å². The number of allylic oxidation sites excluding steroid dienone is 1. The summed E-state index contributed by atoms with van der Waals surface area (Å²) >= 11 is 0. The number of carboxylic acids is 1. The van der Waals surface area contributed by atoms with Gasteiger partial charge in [-0.15, -0.1) is 0 Å². The van der Waals surface area contributed by atoms with Crippen LogP contribution in [0.3, 0.4) is 0 Å². The molecule has 3 saturated carbocycles. The molecule has 7 rings (SSSR count). The topological polar surface area (TPSA) is 70.1 Å². The molecule has 216 valence electrons. The first-order valence-corrected chi connectivity index (χ1v) is 15.9. The number of piperazine rings is 1. The second-order valence-electron chi connectivity index (χ2n) is 14.3. The van der Waals surface area contributed by atoms with E-state index < -0.39 is 22.2 Å². The maximum absolute atomic E-state index is 13.8. The predicted octanol–water partition coefficient (Wildman–Crippen LogP) is 5.28. The fourth-order valence-electron chi connectivity index (χ4n) is 11.2. The van der Waals surface area contributed by atoms with Gasteiger partial charge in [0, 0.05) is 43.8 Å². The van der Waals surface area contributed by atoms with Gasteiger partial charge in [0.25, 0.3) is 0 Å². The highest BCUT2D eigenvalue weighted by atomic mass is 16.5. The van der Waals surface area contributed by atoms with Gasteiger partial charge in [0.15, 0.2) is 0 Å². The van der Waals surface area contributed by atoms with E-state index in [0.29, 0.717) is 18.3 Å². The Bertz CT molecular complexity index is 1190. The molecule has 2 heterocycles. The lowest BCUT2D eigenvalue weighted by Crippen LogP contribution is -2.65. The number of rotatable bonds is 7. The number of para-hydroxylation sites is 1. The number of hydrogen-bond donors (Lipinski definition) is 1. The molecule has 6 nitrogen and oxygen atoms in total. The second kappa shape index (κ2) is 9.42. The van der Waals surface area contributed by atoms with Crippen LogP contribution in [0.4, 0.5) is 5.69 Å². The molecule has 0 radical (unpaired) electrons. The largest absolute Gasteiger partial charge is 0.481 e. The maximum atomic E-state index is 13.8. The Kier molecular flexibility index (Phi) is 6.29. The first-order chi connectivity index (χ1) is 19.3. The van der Waals surface area contributed by atoms with E-state index in [9.17, 15) is 14.7 Å². The summed E-state index contributed by atoms with van der Waals surface area (Å²) in [6, 6.07) is 10.6. The number of anilines is 1. The number of carboxylic acid groups (broad SMARTS) is 1. The van der Waals surface area contributed by atoms with Crippen molar-refractivity contribution in [3.63, 3.8) is 0 Å². The standard InChI is InChI=1S/C34H46N2O4/c1-22(2)29-17-24-18-32(21-37)28-11-9-23(3)27(28)19-33(24,34(29,32)31(38)39)30-12-10-26(40-30)20-35-13-15-36(16-14-35)25-7-5-4-6-8-25/h4-8,17,21-24,26-28,30H,9-16,18-20H2,1-3H3,(H,38,39)/t23-,24?,26?,27-,28-,30?,32?,33?,34?/m1/s1. The Balaban J connectivity index is 1.16. The van der Waals surface area contributed by atoms with Gasteiger partial charge in [-0.2, -0.15) is 0 Å². The van der Waals surface area contributed by atoms with Gasteiger partial charge < -0.3 is 19.5 Å². The molecule has 4 aliphatic carbocycles. The molecule has 1 aromatic rings. The van der Waals surface area contributed by atoms with Crippen molar-refractivity contribution >= 4 is 17.9 Å². The fourth-order valence-corrected chi connectivity index (χ4v) is 11.2. The smallest absolute Gasteiger partial charge is 0.315 e. The van der Waals surface area contributed by atoms with Crippen LogP contribution in [-0.2, 0) is 14.3 Å². The summed E-state index contributed by atoms with van der Waals surface area (Å²) in [5.41, 5.74) is -0.142. The fraction of sp³-hybridized carbons (Fsp3) is 0.706. The summed E-state index contributed by atoms with van der Waals surface area (Å²) in [5.74, 6) is 0.580. The van der Waals surface area contributed by atoms with E-state index in [1.54, 1.807) is 0 Å². The van der Waals surface area contributed by atoms with Crippen molar-refractivity contribution in [2.24, 2.45) is 45.8 Å². The molecule has 0 amide bonds. The average Bonchev–Trinajstić information content (AvgIpc) is 3.69. The normalized spacial score (nSPS) is 44.2. The van der Waals surface area contributed by atoms with E-state index in [4.69, 9.17) is 4.74 Å². The minimum absolute atomic E-state index is 0.104. The van der Waals surface area contributed by atoms with Gasteiger partial charge in [-0.1, -0.05) is 57.0 Å². The van der Waals surface area contributed by atoms with Crippen molar-refractivity contribution in [1.29, 1.82) is 0 Å². The quantitative estimate of drug-likeness (QED) is 0.371. The molecule has 40 heavy (non-hydrogen) atoms. The Labute approximate surface area is 239 Å². The number of benzene rings is 1. The van der Waals surface area contributed by atoms with Gasteiger partial charge in [-0.3, -0.25) is 9.69 Å². The van der Waals surface area contributed by atoms with Gasteiger partial charge in [0.1, 0.15) is 11.7 Å². The highest BCUT2D eigenvalue weighted by Gasteiger charge is 2.86. The van der Waals surface area contributed by atoms with Gasteiger partial charge in [0.2, 0.25) is 0 Å². The van der Waals surface area contributed by atoms with Crippen LogP contribution in [0.1, 0.15) is 59.3 Å². The molecule has 0 spiro atoms. The van der Waals surface area contributed by atoms with Crippen LogP contribution in [-0.4, -0.2) is 67.2 Å². The zero-order valence-electron chi connectivity index (χ0n) is 24.4. The SMILES string of the molecule is CC(C)C1=CC2CC3(C=O)[C@@H]4CC[C@@H](C)[C@H]4CC2(C2CCC(CN4CCN(c5ccccc5)CC4)O2)C13C(=O)O. The van der Waals surface area contributed by atoms with Crippen LogP contribution in [0, 0.1) is 45.8 Å². The Morgan fingerprint density at radius 3 is 2.50 bits per heavy atom. The molecule has 2 aliphatic heterocycles.